The molecule has 21 heavy (non-hydrogen) atoms. The first-order valence-corrected chi connectivity index (χ1v) is 8.13. The van der Waals surface area contributed by atoms with E-state index in [2.05, 4.69) is 12.2 Å². The molecule has 126 valence electrons. The number of aliphatic hydroxyl groups is 4. The highest BCUT2D eigenvalue weighted by Crippen LogP contribution is 2.28. The van der Waals surface area contributed by atoms with E-state index in [0.717, 1.165) is 13.0 Å². The molecule has 1 aliphatic heterocycles. The average Bonchev–Trinajstić information content (AvgIpc) is 2.70. The molecule has 6 heteroatoms. The van der Waals surface area contributed by atoms with E-state index in [4.69, 9.17) is 9.84 Å². The molecule has 6 nitrogen and oxygen atoms in total. The van der Waals surface area contributed by atoms with Crippen LogP contribution in [-0.4, -0.2) is 64.2 Å². The lowest BCUT2D eigenvalue weighted by atomic mass is 10.1. The standard InChI is InChI=1S/C15H31NO5/c1-2-3-4-5-6-7-8-9-16-10-12-13(18)14(19)15(20,11-17)21-12/h12-14,16-20H,2-11H2,1H3/t12-,13+,14-,15+/m1/s1. The lowest BCUT2D eigenvalue weighted by Gasteiger charge is -2.22. The summed E-state index contributed by atoms with van der Waals surface area (Å²) in [6, 6.07) is 0. The third-order valence-electron chi connectivity index (χ3n) is 4.05. The van der Waals surface area contributed by atoms with E-state index >= 15 is 0 Å². The van der Waals surface area contributed by atoms with Crippen molar-refractivity contribution >= 4 is 0 Å². The smallest absolute Gasteiger partial charge is 0.219 e. The summed E-state index contributed by atoms with van der Waals surface area (Å²) in [5.41, 5.74) is 0. The second-order valence-electron chi connectivity index (χ2n) is 5.92. The largest absolute Gasteiger partial charge is 0.391 e. The monoisotopic (exact) mass is 305 g/mol. The molecule has 1 heterocycles. The van der Waals surface area contributed by atoms with Gasteiger partial charge >= 0.3 is 0 Å². The zero-order valence-corrected chi connectivity index (χ0v) is 13.0. The highest BCUT2D eigenvalue weighted by molar-refractivity contribution is 4.95. The van der Waals surface area contributed by atoms with Crippen molar-refractivity contribution in [3.63, 3.8) is 0 Å². The van der Waals surface area contributed by atoms with Crippen molar-refractivity contribution in [2.75, 3.05) is 19.7 Å². The van der Waals surface area contributed by atoms with E-state index in [0.29, 0.717) is 6.54 Å². The summed E-state index contributed by atoms with van der Waals surface area (Å²) < 4.78 is 5.14. The zero-order valence-electron chi connectivity index (χ0n) is 13.0. The van der Waals surface area contributed by atoms with E-state index in [1.54, 1.807) is 0 Å². The molecule has 5 N–H and O–H groups in total. The molecule has 0 aliphatic carbocycles. The predicted molar refractivity (Wildman–Crippen MR) is 79.8 cm³/mol. The fourth-order valence-electron chi connectivity index (χ4n) is 2.62. The van der Waals surface area contributed by atoms with Gasteiger partial charge in [-0.3, -0.25) is 0 Å². The Kier molecular flexibility index (Phi) is 8.70. The van der Waals surface area contributed by atoms with Crippen molar-refractivity contribution in [3.05, 3.63) is 0 Å². The maximum atomic E-state index is 9.76. The van der Waals surface area contributed by atoms with Gasteiger partial charge in [-0.25, -0.2) is 0 Å². The summed E-state index contributed by atoms with van der Waals surface area (Å²) in [7, 11) is 0. The molecule has 0 radical (unpaired) electrons. The van der Waals surface area contributed by atoms with Crippen LogP contribution in [-0.2, 0) is 4.74 Å². The molecule has 1 saturated heterocycles. The highest BCUT2D eigenvalue weighted by Gasteiger charge is 2.52. The summed E-state index contributed by atoms with van der Waals surface area (Å²) in [4.78, 5) is 0. The first kappa shape index (κ1) is 18.8. The van der Waals surface area contributed by atoms with Gasteiger partial charge in [0.1, 0.15) is 18.3 Å². The van der Waals surface area contributed by atoms with Crippen LogP contribution in [0.3, 0.4) is 0 Å². The van der Waals surface area contributed by atoms with Crippen molar-refractivity contribution in [3.8, 4) is 0 Å². The van der Waals surface area contributed by atoms with E-state index in [-0.39, 0.29) is 0 Å². The van der Waals surface area contributed by atoms with Crippen molar-refractivity contribution in [1.29, 1.82) is 0 Å². The number of rotatable bonds is 11. The lowest BCUT2D eigenvalue weighted by molar-refractivity contribution is -0.245. The van der Waals surface area contributed by atoms with Crippen LogP contribution in [0.2, 0.25) is 0 Å². The number of hydrogen-bond donors (Lipinski definition) is 5. The van der Waals surface area contributed by atoms with Gasteiger partial charge in [-0.15, -0.1) is 0 Å². The molecule has 0 aromatic heterocycles. The number of ether oxygens (including phenoxy) is 1. The predicted octanol–water partition coefficient (Wildman–Crippen LogP) is 0.128. The number of aliphatic hydroxyl groups excluding tert-OH is 3. The summed E-state index contributed by atoms with van der Waals surface area (Å²) in [5.74, 6) is -2.05. The molecule has 0 aromatic rings. The summed E-state index contributed by atoms with van der Waals surface area (Å²) >= 11 is 0. The van der Waals surface area contributed by atoms with Crippen LogP contribution < -0.4 is 5.32 Å². The summed E-state index contributed by atoms with van der Waals surface area (Å²) in [6.45, 7) is 2.63. The molecular weight excluding hydrogens is 274 g/mol. The minimum Gasteiger partial charge on any atom is -0.391 e. The molecular formula is C15H31NO5. The van der Waals surface area contributed by atoms with Crippen molar-refractivity contribution < 1.29 is 25.2 Å². The average molecular weight is 305 g/mol. The van der Waals surface area contributed by atoms with Gasteiger partial charge in [-0.05, 0) is 13.0 Å². The maximum Gasteiger partial charge on any atom is 0.219 e. The highest BCUT2D eigenvalue weighted by atomic mass is 16.7. The Morgan fingerprint density at radius 2 is 1.67 bits per heavy atom. The van der Waals surface area contributed by atoms with Crippen LogP contribution in [0.15, 0.2) is 0 Å². The maximum absolute atomic E-state index is 9.76. The van der Waals surface area contributed by atoms with Crippen molar-refractivity contribution in [1.82, 2.24) is 5.32 Å². The van der Waals surface area contributed by atoms with Gasteiger partial charge in [0.15, 0.2) is 0 Å². The normalized spacial score (nSPS) is 32.7. The van der Waals surface area contributed by atoms with Gasteiger partial charge in [0.25, 0.3) is 0 Å². The van der Waals surface area contributed by atoms with E-state index in [9.17, 15) is 15.3 Å². The Morgan fingerprint density at radius 3 is 2.24 bits per heavy atom. The molecule has 1 aliphatic rings. The molecule has 4 atom stereocenters. The Hall–Kier alpha value is -0.240. The fraction of sp³-hybridized carbons (Fsp3) is 1.00. The first-order valence-electron chi connectivity index (χ1n) is 8.13. The van der Waals surface area contributed by atoms with Crippen LogP contribution in [0.25, 0.3) is 0 Å². The van der Waals surface area contributed by atoms with Gasteiger partial charge in [-0.1, -0.05) is 45.4 Å². The molecule has 0 aromatic carbocycles. The minimum atomic E-state index is -2.05. The topological polar surface area (TPSA) is 102 Å². The number of hydrogen-bond acceptors (Lipinski definition) is 6. The van der Waals surface area contributed by atoms with Crippen LogP contribution in [0.5, 0.6) is 0 Å². The molecule has 1 rings (SSSR count). The van der Waals surface area contributed by atoms with Gasteiger partial charge in [0.2, 0.25) is 5.79 Å². The van der Waals surface area contributed by atoms with Crippen LogP contribution >= 0.6 is 0 Å². The Labute approximate surface area is 127 Å². The fourth-order valence-corrected chi connectivity index (χ4v) is 2.62. The zero-order chi connectivity index (χ0) is 15.7. The summed E-state index contributed by atoms with van der Waals surface area (Å²) in [5, 5.41) is 41.3. The molecule has 0 bridgehead atoms. The Morgan fingerprint density at radius 1 is 1.05 bits per heavy atom. The third-order valence-corrected chi connectivity index (χ3v) is 4.05. The van der Waals surface area contributed by atoms with Crippen molar-refractivity contribution in [2.45, 2.75) is 76.0 Å². The SMILES string of the molecule is CCCCCCCCCNC[C@H]1O[C@@](O)(CO)[C@H](O)[C@H]1O. The van der Waals surface area contributed by atoms with Gasteiger partial charge in [-0.2, -0.15) is 0 Å². The van der Waals surface area contributed by atoms with Gasteiger partial charge in [0.05, 0.1) is 6.61 Å². The second kappa shape index (κ2) is 9.71. The molecule has 0 amide bonds. The Balaban J connectivity index is 2.06. The van der Waals surface area contributed by atoms with E-state index in [1.807, 2.05) is 0 Å². The first-order chi connectivity index (χ1) is 10.0. The third kappa shape index (κ3) is 5.81. The van der Waals surface area contributed by atoms with Crippen LogP contribution in [0.4, 0.5) is 0 Å². The quantitative estimate of drug-likeness (QED) is 0.348. The van der Waals surface area contributed by atoms with Crippen molar-refractivity contribution in [2.24, 2.45) is 0 Å². The minimum absolute atomic E-state index is 0.344. The van der Waals surface area contributed by atoms with E-state index in [1.165, 1.54) is 38.5 Å². The lowest BCUT2D eigenvalue weighted by Crippen LogP contribution is -2.46. The Bertz CT molecular complexity index is 279. The molecule has 0 saturated carbocycles. The van der Waals surface area contributed by atoms with Crippen LogP contribution in [0.1, 0.15) is 51.9 Å². The number of unbranched alkanes of at least 4 members (excludes halogenated alkanes) is 6. The molecule has 0 spiro atoms. The number of nitrogens with one attached hydrogen (secondary N) is 1. The molecule has 1 fully saturated rings. The van der Waals surface area contributed by atoms with Crippen LogP contribution in [0, 0.1) is 0 Å². The van der Waals surface area contributed by atoms with E-state index < -0.39 is 30.7 Å². The van der Waals surface area contributed by atoms with Gasteiger partial charge in [0, 0.05) is 6.54 Å². The summed E-state index contributed by atoms with van der Waals surface area (Å²) in [6.07, 6.45) is 5.27. The molecule has 0 unspecified atom stereocenters. The van der Waals surface area contributed by atoms with Gasteiger partial charge < -0.3 is 30.5 Å². The second-order valence-corrected chi connectivity index (χ2v) is 5.92.